The highest BCUT2D eigenvalue weighted by molar-refractivity contribution is 6.08. The molecule has 0 unspecified atom stereocenters. The minimum atomic E-state index is -4.49. The number of hydrazone groups is 1. The Bertz CT molecular complexity index is 994. The fourth-order valence-corrected chi connectivity index (χ4v) is 2.77. The van der Waals surface area contributed by atoms with E-state index < -0.39 is 17.6 Å². The number of hydrogen-bond acceptors (Lipinski definition) is 2. The molecular formula is C20H15F3N2O. The van der Waals surface area contributed by atoms with Crippen molar-refractivity contribution in [1.82, 2.24) is 5.43 Å². The van der Waals surface area contributed by atoms with E-state index in [1.807, 2.05) is 36.4 Å². The van der Waals surface area contributed by atoms with Crippen LogP contribution in [-0.4, -0.2) is 12.1 Å². The van der Waals surface area contributed by atoms with Crippen molar-refractivity contribution >= 4 is 22.9 Å². The van der Waals surface area contributed by atoms with Crippen molar-refractivity contribution in [2.75, 3.05) is 0 Å². The molecule has 0 heterocycles. The zero-order valence-electron chi connectivity index (χ0n) is 13.8. The highest BCUT2D eigenvalue weighted by Crippen LogP contribution is 2.31. The van der Waals surface area contributed by atoms with Crippen molar-refractivity contribution in [2.45, 2.75) is 13.1 Å². The fourth-order valence-electron chi connectivity index (χ4n) is 2.77. The van der Waals surface area contributed by atoms with Crippen LogP contribution in [0.3, 0.4) is 0 Å². The molecule has 0 radical (unpaired) electrons. The van der Waals surface area contributed by atoms with Gasteiger partial charge in [0.25, 0.3) is 5.91 Å². The Morgan fingerprint density at radius 1 is 1.00 bits per heavy atom. The zero-order valence-corrected chi connectivity index (χ0v) is 13.8. The number of halogens is 3. The van der Waals surface area contributed by atoms with Crippen molar-refractivity contribution in [1.29, 1.82) is 0 Å². The first kappa shape index (κ1) is 17.7. The minimum Gasteiger partial charge on any atom is -0.267 e. The van der Waals surface area contributed by atoms with Crippen LogP contribution in [0.15, 0.2) is 65.8 Å². The summed E-state index contributed by atoms with van der Waals surface area (Å²) in [5.74, 6) is -0.472. The van der Waals surface area contributed by atoms with E-state index in [0.29, 0.717) is 5.56 Å². The molecule has 3 rings (SSSR count). The maximum absolute atomic E-state index is 13.0. The molecule has 0 saturated heterocycles. The molecule has 0 bridgehead atoms. The van der Waals surface area contributed by atoms with Crippen LogP contribution < -0.4 is 5.43 Å². The first-order valence-electron chi connectivity index (χ1n) is 7.86. The topological polar surface area (TPSA) is 41.5 Å². The summed E-state index contributed by atoms with van der Waals surface area (Å²) in [4.78, 5) is 12.5. The summed E-state index contributed by atoms with van der Waals surface area (Å²) in [5.41, 5.74) is 2.61. The summed E-state index contributed by atoms with van der Waals surface area (Å²) >= 11 is 0. The molecule has 0 aliphatic carbocycles. The average Bonchev–Trinajstić information content (AvgIpc) is 2.61. The third kappa shape index (κ3) is 3.59. The molecule has 0 aliphatic rings. The monoisotopic (exact) mass is 356 g/mol. The molecule has 0 atom stereocenters. The Kier molecular flexibility index (Phi) is 4.75. The Labute approximate surface area is 148 Å². The van der Waals surface area contributed by atoms with Gasteiger partial charge in [-0.25, -0.2) is 5.43 Å². The van der Waals surface area contributed by atoms with Gasteiger partial charge < -0.3 is 0 Å². The third-order valence-electron chi connectivity index (χ3n) is 4.00. The first-order valence-corrected chi connectivity index (χ1v) is 7.86. The lowest BCUT2D eigenvalue weighted by molar-refractivity contribution is -0.137. The standard InChI is InChI=1S/C20H15F3N2O/c1-13-10-11-14-6-2-4-8-16(14)18(13)19(26)25-24-12-15-7-3-5-9-17(15)20(21,22)23/h2-12H,1H3,(H,25,26)/b24-12-. The number of nitrogens with one attached hydrogen (secondary N) is 1. The van der Waals surface area contributed by atoms with Crippen molar-refractivity contribution in [3.63, 3.8) is 0 Å². The number of aryl methyl sites for hydroxylation is 1. The molecule has 26 heavy (non-hydrogen) atoms. The molecule has 0 aliphatic heterocycles. The fraction of sp³-hybridized carbons (Fsp3) is 0.100. The first-order chi connectivity index (χ1) is 12.4. The number of rotatable bonds is 3. The molecule has 0 aromatic heterocycles. The predicted octanol–water partition coefficient (Wildman–Crippen LogP) is 4.93. The zero-order chi connectivity index (χ0) is 18.7. The number of fused-ring (bicyclic) bond motifs is 1. The maximum Gasteiger partial charge on any atom is 0.417 e. The Hall–Kier alpha value is -3.15. The van der Waals surface area contributed by atoms with Gasteiger partial charge in [0, 0.05) is 5.56 Å². The normalized spacial score (nSPS) is 11.8. The van der Waals surface area contributed by atoms with E-state index in [0.717, 1.165) is 28.6 Å². The van der Waals surface area contributed by atoms with Gasteiger partial charge in [-0.15, -0.1) is 0 Å². The van der Waals surface area contributed by atoms with Gasteiger partial charge in [0.05, 0.1) is 17.3 Å². The number of amides is 1. The van der Waals surface area contributed by atoms with Gasteiger partial charge in [-0.05, 0) is 29.3 Å². The van der Waals surface area contributed by atoms with Crippen molar-refractivity contribution in [3.8, 4) is 0 Å². The molecular weight excluding hydrogens is 341 g/mol. The van der Waals surface area contributed by atoms with Crippen LogP contribution in [0.2, 0.25) is 0 Å². The van der Waals surface area contributed by atoms with Crippen LogP contribution in [0.5, 0.6) is 0 Å². The van der Waals surface area contributed by atoms with Gasteiger partial charge in [-0.3, -0.25) is 4.79 Å². The van der Waals surface area contributed by atoms with E-state index in [9.17, 15) is 18.0 Å². The van der Waals surface area contributed by atoms with Gasteiger partial charge in [-0.2, -0.15) is 18.3 Å². The van der Waals surface area contributed by atoms with E-state index in [1.165, 1.54) is 18.2 Å². The minimum absolute atomic E-state index is 0.116. The second kappa shape index (κ2) is 7.00. The number of carbonyl (C=O) groups excluding carboxylic acids is 1. The predicted molar refractivity (Wildman–Crippen MR) is 95.2 cm³/mol. The molecule has 3 nitrogen and oxygen atoms in total. The highest BCUT2D eigenvalue weighted by atomic mass is 19.4. The van der Waals surface area contributed by atoms with Crippen LogP contribution in [0.1, 0.15) is 27.0 Å². The molecule has 1 amide bonds. The van der Waals surface area contributed by atoms with E-state index in [-0.39, 0.29) is 5.56 Å². The van der Waals surface area contributed by atoms with Crippen molar-refractivity contribution in [2.24, 2.45) is 5.10 Å². The van der Waals surface area contributed by atoms with Crippen molar-refractivity contribution < 1.29 is 18.0 Å². The van der Waals surface area contributed by atoms with Gasteiger partial charge in [0.1, 0.15) is 0 Å². The smallest absolute Gasteiger partial charge is 0.267 e. The summed E-state index contributed by atoms with van der Waals surface area (Å²) in [6.07, 6.45) is -3.49. The lowest BCUT2D eigenvalue weighted by Gasteiger charge is -2.10. The molecule has 1 N–H and O–H groups in total. The highest BCUT2D eigenvalue weighted by Gasteiger charge is 2.32. The molecule has 3 aromatic carbocycles. The van der Waals surface area contributed by atoms with E-state index in [2.05, 4.69) is 10.5 Å². The summed E-state index contributed by atoms with van der Waals surface area (Å²) in [6, 6.07) is 16.2. The Morgan fingerprint density at radius 3 is 2.46 bits per heavy atom. The van der Waals surface area contributed by atoms with Crippen LogP contribution in [0.25, 0.3) is 10.8 Å². The summed E-state index contributed by atoms with van der Waals surface area (Å²) < 4.78 is 38.9. The Balaban J connectivity index is 1.87. The van der Waals surface area contributed by atoms with Crippen LogP contribution in [-0.2, 0) is 6.18 Å². The molecule has 0 spiro atoms. The third-order valence-corrected chi connectivity index (χ3v) is 4.00. The quantitative estimate of drug-likeness (QED) is 0.525. The van der Waals surface area contributed by atoms with Crippen LogP contribution in [0.4, 0.5) is 13.2 Å². The van der Waals surface area contributed by atoms with E-state index >= 15 is 0 Å². The van der Waals surface area contributed by atoms with Gasteiger partial charge in [0.15, 0.2) is 0 Å². The summed E-state index contributed by atoms with van der Waals surface area (Å²) in [6.45, 7) is 1.80. The van der Waals surface area contributed by atoms with Crippen molar-refractivity contribution in [3.05, 3.63) is 82.9 Å². The van der Waals surface area contributed by atoms with Gasteiger partial charge in [0.2, 0.25) is 0 Å². The number of nitrogens with zero attached hydrogens (tertiary/aromatic N) is 1. The van der Waals surface area contributed by atoms with E-state index in [1.54, 1.807) is 6.92 Å². The number of hydrogen-bond donors (Lipinski definition) is 1. The maximum atomic E-state index is 13.0. The number of alkyl halides is 3. The molecule has 3 aromatic rings. The summed E-state index contributed by atoms with van der Waals surface area (Å²) in [5, 5.41) is 5.37. The molecule has 0 fully saturated rings. The molecule has 0 saturated carbocycles. The second-order valence-corrected chi connectivity index (χ2v) is 5.76. The van der Waals surface area contributed by atoms with Gasteiger partial charge >= 0.3 is 6.18 Å². The van der Waals surface area contributed by atoms with Crippen LogP contribution >= 0.6 is 0 Å². The van der Waals surface area contributed by atoms with E-state index in [4.69, 9.17) is 0 Å². The number of carbonyl (C=O) groups is 1. The molecule has 132 valence electrons. The van der Waals surface area contributed by atoms with Gasteiger partial charge in [-0.1, -0.05) is 54.6 Å². The SMILES string of the molecule is Cc1ccc2ccccc2c1C(=O)N/N=C\c1ccccc1C(F)(F)F. The Morgan fingerprint density at radius 2 is 1.69 bits per heavy atom. The average molecular weight is 356 g/mol. The number of benzene rings is 3. The largest absolute Gasteiger partial charge is 0.417 e. The summed E-state index contributed by atoms with van der Waals surface area (Å²) in [7, 11) is 0. The lowest BCUT2D eigenvalue weighted by Crippen LogP contribution is -2.19. The van der Waals surface area contributed by atoms with Crippen LogP contribution in [0, 0.1) is 6.92 Å². The second-order valence-electron chi connectivity index (χ2n) is 5.76. The lowest BCUT2D eigenvalue weighted by atomic mass is 9.99. The molecule has 6 heteroatoms.